The van der Waals surface area contributed by atoms with Crippen LogP contribution in [-0.2, 0) is 11.3 Å². The van der Waals surface area contributed by atoms with E-state index < -0.39 is 4.12 Å². The molecule has 0 aliphatic carbocycles. The van der Waals surface area contributed by atoms with Gasteiger partial charge in [0.15, 0.2) is 5.82 Å². The number of ether oxygens (including phenoxy) is 1. The summed E-state index contributed by atoms with van der Waals surface area (Å²) in [7, 11) is 0. The van der Waals surface area contributed by atoms with Crippen LogP contribution in [0.1, 0.15) is 5.56 Å². The Morgan fingerprint density at radius 3 is 2.76 bits per heavy atom. The number of hydrogen-bond donors (Lipinski definition) is 0. The number of alkyl halides is 3. The van der Waals surface area contributed by atoms with E-state index in [4.69, 9.17) is 0 Å². The van der Waals surface area contributed by atoms with E-state index in [2.05, 4.69) is 14.8 Å². The Kier molecular flexibility index (Phi) is 3.67. The summed E-state index contributed by atoms with van der Waals surface area (Å²) < 4.78 is 27.6. The first-order valence-corrected chi connectivity index (χ1v) is 5.78. The highest BCUT2D eigenvalue weighted by molar-refractivity contribution is 14.1. The highest BCUT2D eigenvalue weighted by Gasteiger charge is 2.24. The van der Waals surface area contributed by atoms with E-state index in [0.29, 0.717) is 11.4 Å². The Hall–Kier alpha value is -1.09. The first-order valence-electron chi connectivity index (χ1n) is 4.70. The summed E-state index contributed by atoms with van der Waals surface area (Å²) in [6.07, 6.45) is 4.87. The lowest BCUT2D eigenvalue weighted by Gasteiger charge is -2.09. The van der Waals surface area contributed by atoms with E-state index in [-0.39, 0.29) is 6.61 Å². The van der Waals surface area contributed by atoms with Crippen molar-refractivity contribution in [3.05, 3.63) is 42.4 Å². The molecule has 17 heavy (non-hydrogen) atoms. The molecule has 0 aromatic carbocycles. The van der Waals surface area contributed by atoms with Crippen LogP contribution >= 0.6 is 22.6 Å². The standard InChI is InChI=1S/C10H8F2IN3O/c11-10(12,13)17-7-8-2-3-9(14-6-8)16-5-1-4-15-16/h1-6H,7H2. The minimum Gasteiger partial charge on any atom is -0.307 e. The number of hydrogen-bond acceptors (Lipinski definition) is 3. The number of pyridine rings is 1. The van der Waals surface area contributed by atoms with Crippen molar-refractivity contribution in [1.82, 2.24) is 14.8 Å². The molecule has 0 fully saturated rings. The zero-order chi connectivity index (χ0) is 12.3. The molecule has 0 saturated carbocycles. The average Bonchev–Trinajstić information content (AvgIpc) is 2.79. The van der Waals surface area contributed by atoms with Gasteiger partial charge in [0, 0.05) is 41.2 Å². The fourth-order valence-electron chi connectivity index (χ4n) is 1.21. The maximum absolute atomic E-state index is 12.4. The van der Waals surface area contributed by atoms with Gasteiger partial charge in [0.1, 0.15) is 0 Å². The molecule has 2 rings (SSSR count). The number of nitrogens with zero attached hydrogens (tertiary/aromatic N) is 3. The molecule has 0 bridgehead atoms. The third kappa shape index (κ3) is 3.70. The van der Waals surface area contributed by atoms with Crippen LogP contribution in [0, 0.1) is 0 Å². The minimum absolute atomic E-state index is 0.178. The molecule has 7 heteroatoms. The van der Waals surface area contributed by atoms with Gasteiger partial charge in [0.05, 0.1) is 6.61 Å². The SMILES string of the molecule is FC(F)(I)OCc1ccc(-n2cccn2)nc1. The van der Waals surface area contributed by atoms with Gasteiger partial charge in [-0.3, -0.25) is 0 Å². The first-order chi connectivity index (χ1) is 8.04. The van der Waals surface area contributed by atoms with Gasteiger partial charge in [-0.25, -0.2) is 9.67 Å². The first kappa shape index (κ1) is 12.4. The Balaban J connectivity index is 2.04. The van der Waals surface area contributed by atoms with Crippen LogP contribution in [0.3, 0.4) is 0 Å². The third-order valence-electron chi connectivity index (χ3n) is 1.95. The Morgan fingerprint density at radius 1 is 1.41 bits per heavy atom. The van der Waals surface area contributed by atoms with Crippen LogP contribution in [0.5, 0.6) is 0 Å². The van der Waals surface area contributed by atoms with Crippen LogP contribution in [0.4, 0.5) is 8.78 Å². The number of rotatable bonds is 4. The van der Waals surface area contributed by atoms with Gasteiger partial charge in [0.2, 0.25) is 0 Å². The zero-order valence-electron chi connectivity index (χ0n) is 8.55. The van der Waals surface area contributed by atoms with E-state index in [1.165, 1.54) is 6.20 Å². The average molecular weight is 351 g/mol. The van der Waals surface area contributed by atoms with E-state index in [1.807, 2.05) is 0 Å². The smallest absolute Gasteiger partial charge is 0.307 e. The topological polar surface area (TPSA) is 39.9 Å². The van der Waals surface area contributed by atoms with Gasteiger partial charge in [-0.15, -0.1) is 0 Å². The van der Waals surface area contributed by atoms with Crippen molar-refractivity contribution in [3.63, 3.8) is 0 Å². The molecule has 0 aliphatic rings. The molecule has 2 heterocycles. The predicted molar refractivity (Wildman–Crippen MR) is 65.1 cm³/mol. The Bertz CT molecular complexity index is 467. The zero-order valence-corrected chi connectivity index (χ0v) is 10.7. The molecule has 0 spiro atoms. The van der Waals surface area contributed by atoms with Crippen molar-refractivity contribution in [2.24, 2.45) is 0 Å². The van der Waals surface area contributed by atoms with Crippen molar-refractivity contribution in [3.8, 4) is 5.82 Å². The molecule has 0 radical (unpaired) electrons. The normalized spacial score (nSPS) is 11.7. The summed E-state index contributed by atoms with van der Waals surface area (Å²) in [6.45, 7) is -0.178. The fraction of sp³-hybridized carbons (Fsp3) is 0.200. The lowest BCUT2D eigenvalue weighted by Crippen LogP contribution is -2.10. The molecular formula is C10H8F2IN3O. The highest BCUT2D eigenvalue weighted by atomic mass is 127. The Morgan fingerprint density at radius 2 is 2.24 bits per heavy atom. The lowest BCUT2D eigenvalue weighted by molar-refractivity contribution is -0.154. The maximum Gasteiger partial charge on any atom is 0.408 e. The molecule has 2 aromatic rings. The molecule has 90 valence electrons. The van der Waals surface area contributed by atoms with Crippen LogP contribution in [0.15, 0.2) is 36.8 Å². The highest BCUT2D eigenvalue weighted by Crippen LogP contribution is 2.25. The second kappa shape index (κ2) is 5.05. The van der Waals surface area contributed by atoms with Crippen molar-refractivity contribution in [2.45, 2.75) is 10.7 Å². The van der Waals surface area contributed by atoms with Crippen LogP contribution in [-0.4, -0.2) is 18.9 Å². The van der Waals surface area contributed by atoms with Gasteiger partial charge in [-0.05, 0) is 17.7 Å². The lowest BCUT2D eigenvalue weighted by atomic mass is 10.3. The van der Waals surface area contributed by atoms with Crippen LogP contribution in [0.2, 0.25) is 0 Å². The van der Waals surface area contributed by atoms with E-state index >= 15 is 0 Å². The molecule has 0 N–H and O–H groups in total. The van der Waals surface area contributed by atoms with Crippen molar-refractivity contribution < 1.29 is 13.5 Å². The summed E-state index contributed by atoms with van der Waals surface area (Å²) in [4.78, 5) is 4.09. The Labute approximate surface area is 110 Å². The monoisotopic (exact) mass is 351 g/mol. The van der Waals surface area contributed by atoms with Gasteiger partial charge in [0.25, 0.3) is 0 Å². The van der Waals surface area contributed by atoms with E-state index in [0.717, 1.165) is 22.6 Å². The van der Waals surface area contributed by atoms with Gasteiger partial charge >= 0.3 is 4.12 Å². The van der Waals surface area contributed by atoms with Crippen molar-refractivity contribution in [2.75, 3.05) is 0 Å². The molecule has 4 nitrogen and oxygen atoms in total. The molecule has 0 atom stereocenters. The molecule has 0 unspecified atom stereocenters. The van der Waals surface area contributed by atoms with Crippen LogP contribution < -0.4 is 0 Å². The van der Waals surface area contributed by atoms with E-state index in [1.54, 1.807) is 35.3 Å². The molecule has 2 aromatic heterocycles. The molecule has 0 amide bonds. The van der Waals surface area contributed by atoms with Crippen molar-refractivity contribution in [1.29, 1.82) is 0 Å². The summed E-state index contributed by atoms with van der Waals surface area (Å²) in [5, 5.41) is 4.00. The fourth-order valence-corrected chi connectivity index (χ4v) is 1.36. The van der Waals surface area contributed by atoms with Crippen molar-refractivity contribution >= 4 is 22.6 Å². The van der Waals surface area contributed by atoms with Gasteiger partial charge in [-0.1, -0.05) is 6.07 Å². The summed E-state index contributed by atoms with van der Waals surface area (Å²) >= 11 is 0.928. The van der Waals surface area contributed by atoms with Crippen LogP contribution in [0.25, 0.3) is 5.82 Å². The number of halogens is 3. The van der Waals surface area contributed by atoms with Gasteiger partial charge in [-0.2, -0.15) is 13.9 Å². The third-order valence-corrected chi connectivity index (χ3v) is 2.26. The summed E-state index contributed by atoms with van der Waals surface area (Å²) in [5.41, 5.74) is 0.581. The predicted octanol–water partition coefficient (Wildman–Crippen LogP) is 2.77. The number of aromatic nitrogens is 3. The summed E-state index contributed by atoms with van der Waals surface area (Å²) in [5.74, 6) is 0.625. The quantitative estimate of drug-likeness (QED) is 0.628. The van der Waals surface area contributed by atoms with E-state index in [9.17, 15) is 8.78 Å². The molecule has 0 aliphatic heterocycles. The minimum atomic E-state index is -3.15. The second-order valence-electron chi connectivity index (χ2n) is 3.21. The largest absolute Gasteiger partial charge is 0.408 e. The summed E-state index contributed by atoms with van der Waals surface area (Å²) in [6, 6.07) is 5.14. The van der Waals surface area contributed by atoms with Gasteiger partial charge < -0.3 is 4.74 Å². The second-order valence-corrected chi connectivity index (χ2v) is 4.47. The molecule has 0 saturated heterocycles. The maximum atomic E-state index is 12.4. The molecular weight excluding hydrogens is 343 g/mol.